The van der Waals surface area contributed by atoms with Crippen molar-refractivity contribution in [3.63, 3.8) is 0 Å². The summed E-state index contributed by atoms with van der Waals surface area (Å²) >= 11 is 5.97. The van der Waals surface area contributed by atoms with Crippen LogP contribution in [0.5, 0.6) is 11.5 Å². The number of rotatable bonds is 7. The third-order valence-corrected chi connectivity index (χ3v) is 3.59. The Labute approximate surface area is 124 Å². The van der Waals surface area contributed by atoms with Crippen LogP contribution in [0, 0.1) is 0 Å². The summed E-state index contributed by atoms with van der Waals surface area (Å²) in [5, 5.41) is 9.89. The van der Waals surface area contributed by atoms with Crippen LogP contribution in [0.15, 0.2) is 12.1 Å². The Morgan fingerprint density at radius 2 is 2.10 bits per heavy atom. The van der Waals surface area contributed by atoms with Crippen molar-refractivity contribution in [2.45, 2.75) is 38.5 Å². The summed E-state index contributed by atoms with van der Waals surface area (Å²) in [5.74, 6) is 0.212. The maximum atomic E-state index is 11.6. The van der Waals surface area contributed by atoms with Gasteiger partial charge in [-0.15, -0.1) is 0 Å². The highest BCUT2D eigenvalue weighted by Crippen LogP contribution is 2.39. The van der Waals surface area contributed by atoms with Gasteiger partial charge < -0.3 is 14.6 Å². The van der Waals surface area contributed by atoms with Crippen molar-refractivity contribution in [1.29, 1.82) is 0 Å². The van der Waals surface area contributed by atoms with E-state index >= 15 is 0 Å². The highest BCUT2D eigenvalue weighted by Gasteiger charge is 2.21. The Balaban J connectivity index is 3.10. The standard InChI is InChI=1S/C15H21ClO4/c1-4-5-6-10(7-15(18)20-3)11-8-12(16)13(17)9-14(11)19-2/h8-10,17H,4-7H2,1-3H3. The summed E-state index contributed by atoms with van der Waals surface area (Å²) in [6, 6.07) is 3.15. The molecule has 0 aliphatic carbocycles. The number of benzene rings is 1. The maximum Gasteiger partial charge on any atom is 0.306 e. The molecule has 0 spiro atoms. The van der Waals surface area contributed by atoms with E-state index < -0.39 is 0 Å². The van der Waals surface area contributed by atoms with Gasteiger partial charge in [0.1, 0.15) is 11.5 Å². The fourth-order valence-electron chi connectivity index (χ4n) is 2.16. The second-order valence-corrected chi connectivity index (χ2v) is 5.07. The van der Waals surface area contributed by atoms with Crippen LogP contribution in [-0.2, 0) is 9.53 Å². The largest absolute Gasteiger partial charge is 0.506 e. The molecule has 0 saturated heterocycles. The van der Waals surface area contributed by atoms with Crippen molar-refractivity contribution in [3.05, 3.63) is 22.7 Å². The SMILES string of the molecule is CCCCC(CC(=O)OC)c1cc(Cl)c(O)cc1OC. The lowest BCUT2D eigenvalue weighted by Crippen LogP contribution is -2.10. The Morgan fingerprint density at radius 3 is 2.65 bits per heavy atom. The molecule has 112 valence electrons. The second kappa shape index (κ2) is 8.00. The van der Waals surface area contributed by atoms with Gasteiger partial charge in [-0.25, -0.2) is 0 Å². The normalized spacial score (nSPS) is 12.0. The van der Waals surface area contributed by atoms with Crippen LogP contribution in [-0.4, -0.2) is 25.3 Å². The summed E-state index contributed by atoms with van der Waals surface area (Å²) in [6.07, 6.45) is 3.13. The monoisotopic (exact) mass is 300 g/mol. The number of halogens is 1. The van der Waals surface area contributed by atoms with Crippen LogP contribution in [0.2, 0.25) is 5.02 Å². The number of hydrogen-bond acceptors (Lipinski definition) is 4. The topological polar surface area (TPSA) is 55.8 Å². The lowest BCUT2D eigenvalue weighted by atomic mass is 9.90. The molecule has 1 N–H and O–H groups in total. The highest BCUT2D eigenvalue weighted by atomic mass is 35.5. The van der Waals surface area contributed by atoms with E-state index in [0.717, 1.165) is 24.8 Å². The van der Waals surface area contributed by atoms with E-state index in [1.807, 2.05) is 0 Å². The molecule has 0 heterocycles. The second-order valence-electron chi connectivity index (χ2n) is 4.66. The molecule has 0 saturated carbocycles. The van der Waals surface area contributed by atoms with E-state index in [1.54, 1.807) is 6.07 Å². The zero-order chi connectivity index (χ0) is 15.1. The lowest BCUT2D eigenvalue weighted by Gasteiger charge is -2.19. The number of esters is 1. The smallest absolute Gasteiger partial charge is 0.306 e. The van der Waals surface area contributed by atoms with Crippen molar-refractivity contribution in [2.24, 2.45) is 0 Å². The summed E-state index contributed by atoms with van der Waals surface area (Å²) in [4.78, 5) is 11.6. The van der Waals surface area contributed by atoms with Gasteiger partial charge in [-0.2, -0.15) is 0 Å². The molecule has 0 fully saturated rings. The fraction of sp³-hybridized carbons (Fsp3) is 0.533. The average Bonchev–Trinajstić information content (AvgIpc) is 2.45. The van der Waals surface area contributed by atoms with Gasteiger partial charge >= 0.3 is 5.97 Å². The predicted molar refractivity (Wildman–Crippen MR) is 78.6 cm³/mol. The quantitative estimate of drug-likeness (QED) is 0.776. The first-order valence-electron chi connectivity index (χ1n) is 6.66. The molecule has 1 atom stereocenters. The lowest BCUT2D eigenvalue weighted by molar-refractivity contribution is -0.141. The number of ether oxygens (including phenoxy) is 2. The van der Waals surface area contributed by atoms with Gasteiger partial charge in [0.25, 0.3) is 0 Å². The molecule has 0 radical (unpaired) electrons. The van der Waals surface area contributed by atoms with Crippen LogP contribution < -0.4 is 4.74 Å². The number of carbonyl (C=O) groups excluding carboxylic acids is 1. The van der Waals surface area contributed by atoms with Crippen molar-refractivity contribution in [1.82, 2.24) is 0 Å². The van der Waals surface area contributed by atoms with Crippen LogP contribution >= 0.6 is 11.6 Å². The Bertz CT molecular complexity index is 459. The van der Waals surface area contributed by atoms with E-state index in [-0.39, 0.29) is 29.1 Å². The third-order valence-electron chi connectivity index (χ3n) is 3.29. The number of unbranched alkanes of at least 4 members (excludes halogenated alkanes) is 1. The highest BCUT2D eigenvalue weighted by molar-refractivity contribution is 6.32. The van der Waals surface area contributed by atoms with E-state index in [4.69, 9.17) is 21.1 Å². The molecule has 1 aromatic carbocycles. The van der Waals surface area contributed by atoms with Crippen molar-refractivity contribution < 1.29 is 19.4 Å². The van der Waals surface area contributed by atoms with Crippen molar-refractivity contribution in [3.8, 4) is 11.5 Å². The van der Waals surface area contributed by atoms with E-state index in [9.17, 15) is 9.90 Å². The minimum Gasteiger partial charge on any atom is -0.506 e. The molecule has 0 amide bonds. The molecule has 0 aromatic heterocycles. The Kier molecular flexibility index (Phi) is 6.65. The molecular weight excluding hydrogens is 280 g/mol. The van der Waals surface area contributed by atoms with Crippen LogP contribution in [0.4, 0.5) is 0 Å². The van der Waals surface area contributed by atoms with Gasteiger partial charge in [-0.3, -0.25) is 4.79 Å². The van der Waals surface area contributed by atoms with Gasteiger partial charge in [0, 0.05) is 6.07 Å². The molecule has 0 bridgehead atoms. The number of aromatic hydroxyl groups is 1. The summed E-state index contributed by atoms with van der Waals surface area (Å²) in [6.45, 7) is 2.09. The zero-order valence-electron chi connectivity index (χ0n) is 12.1. The number of phenolic OH excluding ortho intramolecular Hbond substituents is 1. The van der Waals surface area contributed by atoms with Gasteiger partial charge in [0.15, 0.2) is 0 Å². The number of phenols is 1. The molecule has 0 aliphatic rings. The molecule has 0 aliphatic heterocycles. The third kappa shape index (κ3) is 4.30. The van der Waals surface area contributed by atoms with Crippen LogP contribution in [0.1, 0.15) is 44.1 Å². The van der Waals surface area contributed by atoms with E-state index in [1.165, 1.54) is 20.3 Å². The molecular formula is C15H21ClO4. The Hall–Kier alpha value is -1.42. The Morgan fingerprint density at radius 1 is 1.40 bits per heavy atom. The summed E-state index contributed by atoms with van der Waals surface area (Å²) < 4.78 is 10.0. The van der Waals surface area contributed by atoms with Gasteiger partial charge in [0.2, 0.25) is 0 Å². The minimum absolute atomic E-state index is 0.0282. The molecule has 4 nitrogen and oxygen atoms in total. The first-order chi connectivity index (χ1) is 9.53. The van der Waals surface area contributed by atoms with E-state index in [2.05, 4.69) is 6.92 Å². The maximum absolute atomic E-state index is 11.6. The van der Waals surface area contributed by atoms with Gasteiger partial charge in [-0.1, -0.05) is 31.4 Å². The van der Waals surface area contributed by atoms with E-state index in [0.29, 0.717) is 5.75 Å². The first kappa shape index (κ1) is 16.6. The zero-order valence-corrected chi connectivity index (χ0v) is 12.9. The molecule has 20 heavy (non-hydrogen) atoms. The average molecular weight is 301 g/mol. The van der Waals surface area contributed by atoms with Crippen LogP contribution in [0.3, 0.4) is 0 Å². The van der Waals surface area contributed by atoms with Gasteiger partial charge in [-0.05, 0) is 24.0 Å². The fourth-order valence-corrected chi connectivity index (χ4v) is 2.33. The molecule has 1 unspecified atom stereocenters. The number of carbonyl (C=O) groups is 1. The summed E-state index contributed by atoms with van der Waals surface area (Å²) in [7, 11) is 2.90. The first-order valence-corrected chi connectivity index (χ1v) is 7.04. The molecule has 1 aromatic rings. The van der Waals surface area contributed by atoms with Crippen molar-refractivity contribution in [2.75, 3.05) is 14.2 Å². The molecule has 1 rings (SSSR count). The molecule has 5 heteroatoms. The number of methoxy groups -OCH3 is 2. The summed E-state index contributed by atoms with van der Waals surface area (Å²) in [5.41, 5.74) is 0.828. The minimum atomic E-state index is -0.266. The van der Waals surface area contributed by atoms with Gasteiger partial charge in [0.05, 0.1) is 25.7 Å². The number of hydrogen-bond donors (Lipinski definition) is 1. The predicted octanol–water partition coefficient (Wildman–Crippen LogP) is 3.89. The van der Waals surface area contributed by atoms with Crippen molar-refractivity contribution >= 4 is 17.6 Å². The van der Waals surface area contributed by atoms with Crippen LogP contribution in [0.25, 0.3) is 0 Å².